The summed E-state index contributed by atoms with van der Waals surface area (Å²) >= 11 is 0. The van der Waals surface area contributed by atoms with Gasteiger partial charge in [-0.05, 0) is 42.0 Å². The molecule has 7 nitrogen and oxygen atoms in total. The number of carbonyl (C=O) groups excluding carboxylic acids is 2. The summed E-state index contributed by atoms with van der Waals surface area (Å²) in [6, 6.07) is 14.3. The Kier molecular flexibility index (Phi) is 5.29. The lowest BCUT2D eigenvalue weighted by molar-refractivity contribution is 0.0563. The quantitative estimate of drug-likeness (QED) is 0.701. The molecule has 1 aliphatic heterocycles. The van der Waals surface area contributed by atoms with Crippen LogP contribution in [0.15, 0.2) is 67.1 Å². The van der Waals surface area contributed by atoms with Gasteiger partial charge in [-0.2, -0.15) is 0 Å². The second-order valence-corrected chi connectivity index (χ2v) is 6.94. The van der Waals surface area contributed by atoms with Crippen molar-refractivity contribution in [2.45, 2.75) is 19.1 Å². The lowest BCUT2D eigenvalue weighted by atomic mass is 10.1. The van der Waals surface area contributed by atoms with Crippen molar-refractivity contribution < 1.29 is 14.3 Å². The number of rotatable bonds is 6. The second-order valence-electron chi connectivity index (χ2n) is 6.94. The van der Waals surface area contributed by atoms with Crippen molar-refractivity contribution >= 4 is 11.8 Å². The summed E-state index contributed by atoms with van der Waals surface area (Å²) in [5.74, 6) is 0.377. The van der Waals surface area contributed by atoms with E-state index in [1.54, 1.807) is 48.7 Å². The Balaban J connectivity index is 1.51. The first-order valence-corrected chi connectivity index (χ1v) is 9.43. The molecule has 3 heterocycles. The van der Waals surface area contributed by atoms with Crippen molar-refractivity contribution in [2.75, 3.05) is 13.7 Å². The number of aromatic nitrogens is 2. The van der Waals surface area contributed by atoms with Crippen molar-refractivity contribution in [3.05, 3.63) is 83.9 Å². The van der Waals surface area contributed by atoms with Gasteiger partial charge in [0.1, 0.15) is 11.4 Å². The normalized spacial score (nSPS) is 15.7. The second kappa shape index (κ2) is 8.18. The highest BCUT2D eigenvalue weighted by molar-refractivity contribution is 5.95. The van der Waals surface area contributed by atoms with Crippen LogP contribution in [0.4, 0.5) is 0 Å². The fourth-order valence-corrected chi connectivity index (χ4v) is 3.55. The molecule has 0 bridgehead atoms. The molecule has 29 heavy (non-hydrogen) atoms. The molecule has 1 unspecified atom stereocenters. The Morgan fingerprint density at radius 3 is 2.93 bits per heavy atom. The smallest absolute Gasteiger partial charge is 0.271 e. The molecular weight excluding hydrogens is 368 g/mol. The fourth-order valence-electron chi connectivity index (χ4n) is 3.55. The predicted octanol–water partition coefficient (Wildman–Crippen LogP) is 2.35. The molecule has 1 aromatic carbocycles. The van der Waals surface area contributed by atoms with E-state index in [4.69, 9.17) is 4.74 Å². The van der Waals surface area contributed by atoms with Gasteiger partial charge in [0.25, 0.3) is 11.8 Å². The number of methoxy groups -OCH3 is 1. The molecule has 0 aliphatic carbocycles. The van der Waals surface area contributed by atoms with E-state index >= 15 is 0 Å². The molecule has 3 aromatic rings. The summed E-state index contributed by atoms with van der Waals surface area (Å²) in [4.78, 5) is 31.6. The molecule has 2 amide bonds. The van der Waals surface area contributed by atoms with Gasteiger partial charge in [0.15, 0.2) is 0 Å². The average molecular weight is 390 g/mol. The maximum absolute atomic E-state index is 13.0. The summed E-state index contributed by atoms with van der Waals surface area (Å²) in [5, 5.41) is 2.96. The van der Waals surface area contributed by atoms with E-state index < -0.39 is 0 Å². The van der Waals surface area contributed by atoms with Crippen LogP contribution < -0.4 is 10.1 Å². The standard InChI is InChI=1S/C22H22N4O3/c1-29-19-7-2-6-17(11-19)21(27)24-13-18-15-25-10-4-8-20(25)22(28)26(18)14-16-5-3-9-23-12-16/h2-12,18H,13-15H2,1H3,(H,24,27). The summed E-state index contributed by atoms with van der Waals surface area (Å²) in [6.45, 7) is 1.41. The number of hydrogen-bond acceptors (Lipinski definition) is 4. The number of fused-ring (bicyclic) bond motifs is 1. The molecule has 4 rings (SSSR count). The number of amides is 2. The summed E-state index contributed by atoms with van der Waals surface area (Å²) in [5.41, 5.74) is 2.13. The highest BCUT2D eigenvalue weighted by atomic mass is 16.5. The van der Waals surface area contributed by atoms with Crippen LogP contribution in [0.5, 0.6) is 5.75 Å². The van der Waals surface area contributed by atoms with Crippen LogP contribution in [0.2, 0.25) is 0 Å². The van der Waals surface area contributed by atoms with E-state index in [2.05, 4.69) is 10.3 Å². The van der Waals surface area contributed by atoms with E-state index in [0.717, 1.165) is 5.56 Å². The number of nitrogens with one attached hydrogen (secondary N) is 1. The van der Waals surface area contributed by atoms with Crippen LogP contribution in [-0.4, -0.2) is 46.0 Å². The lowest BCUT2D eigenvalue weighted by Crippen LogP contribution is -2.52. The van der Waals surface area contributed by atoms with Crippen LogP contribution in [0, 0.1) is 0 Å². The Morgan fingerprint density at radius 1 is 1.24 bits per heavy atom. The van der Waals surface area contributed by atoms with Gasteiger partial charge >= 0.3 is 0 Å². The monoisotopic (exact) mass is 390 g/mol. The van der Waals surface area contributed by atoms with Crippen LogP contribution in [-0.2, 0) is 13.1 Å². The number of carbonyl (C=O) groups is 2. The van der Waals surface area contributed by atoms with Crippen LogP contribution >= 0.6 is 0 Å². The number of pyridine rings is 1. The van der Waals surface area contributed by atoms with Gasteiger partial charge < -0.3 is 19.5 Å². The molecule has 0 radical (unpaired) electrons. The third kappa shape index (κ3) is 3.99. The summed E-state index contributed by atoms with van der Waals surface area (Å²) in [7, 11) is 1.57. The molecule has 1 N–H and O–H groups in total. The minimum atomic E-state index is -0.198. The first-order chi connectivity index (χ1) is 14.2. The molecule has 2 aromatic heterocycles. The third-order valence-electron chi connectivity index (χ3n) is 5.06. The van der Waals surface area contributed by atoms with Crippen molar-refractivity contribution in [2.24, 2.45) is 0 Å². The van der Waals surface area contributed by atoms with Gasteiger partial charge in [-0.25, -0.2) is 0 Å². The highest BCUT2D eigenvalue weighted by Gasteiger charge is 2.32. The summed E-state index contributed by atoms with van der Waals surface area (Å²) < 4.78 is 7.12. The number of nitrogens with zero attached hydrogens (tertiary/aromatic N) is 3. The highest BCUT2D eigenvalue weighted by Crippen LogP contribution is 2.21. The lowest BCUT2D eigenvalue weighted by Gasteiger charge is -2.36. The van der Waals surface area contributed by atoms with Gasteiger partial charge in [0, 0.05) is 43.8 Å². The Bertz CT molecular complexity index is 1020. The minimum Gasteiger partial charge on any atom is -0.497 e. The molecule has 0 saturated carbocycles. The van der Waals surface area contributed by atoms with Crippen molar-refractivity contribution in [3.63, 3.8) is 0 Å². The van der Waals surface area contributed by atoms with Gasteiger partial charge in [-0.15, -0.1) is 0 Å². The SMILES string of the molecule is COc1cccc(C(=O)NCC2Cn3cccc3C(=O)N2Cc2cccnc2)c1. The molecule has 148 valence electrons. The molecule has 0 saturated heterocycles. The van der Waals surface area contributed by atoms with E-state index in [1.165, 1.54) is 0 Å². The van der Waals surface area contributed by atoms with Crippen LogP contribution in [0.1, 0.15) is 26.4 Å². The first-order valence-electron chi connectivity index (χ1n) is 9.43. The minimum absolute atomic E-state index is 0.0502. The zero-order valence-corrected chi connectivity index (χ0v) is 16.1. The van der Waals surface area contributed by atoms with Crippen LogP contribution in [0.25, 0.3) is 0 Å². The maximum Gasteiger partial charge on any atom is 0.271 e. The van der Waals surface area contributed by atoms with Crippen molar-refractivity contribution in [1.29, 1.82) is 0 Å². The van der Waals surface area contributed by atoms with Crippen molar-refractivity contribution in [1.82, 2.24) is 19.8 Å². The molecule has 1 atom stereocenters. The van der Waals surface area contributed by atoms with E-state index in [0.29, 0.717) is 36.6 Å². The molecular formula is C22H22N4O3. The first kappa shape index (κ1) is 18.7. The van der Waals surface area contributed by atoms with E-state index in [1.807, 2.05) is 35.0 Å². The average Bonchev–Trinajstić information content (AvgIpc) is 3.24. The van der Waals surface area contributed by atoms with Gasteiger partial charge in [0.05, 0.1) is 13.2 Å². The topological polar surface area (TPSA) is 76.5 Å². The predicted molar refractivity (Wildman–Crippen MR) is 108 cm³/mol. The third-order valence-corrected chi connectivity index (χ3v) is 5.06. The van der Waals surface area contributed by atoms with Gasteiger partial charge in [-0.1, -0.05) is 12.1 Å². The Labute approximate surface area is 168 Å². The molecule has 0 fully saturated rings. The molecule has 0 spiro atoms. The van der Waals surface area contributed by atoms with Gasteiger partial charge in [-0.3, -0.25) is 14.6 Å². The van der Waals surface area contributed by atoms with E-state index in [-0.39, 0.29) is 17.9 Å². The molecule has 7 heteroatoms. The van der Waals surface area contributed by atoms with Crippen molar-refractivity contribution in [3.8, 4) is 5.75 Å². The largest absolute Gasteiger partial charge is 0.497 e. The molecule has 1 aliphatic rings. The number of hydrogen-bond donors (Lipinski definition) is 1. The van der Waals surface area contributed by atoms with Gasteiger partial charge in [0.2, 0.25) is 0 Å². The number of benzene rings is 1. The Hall–Kier alpha value is -3.61. The van der Waals surface area contributed by atoms with E-state index in [9.17, 15) is 9.59 Å². The zero-order valence-electron chi connectivity index (χ0n) is 16.1. The Morgan fingerprint density at radius 2 is 2.14 bits per heavy atom. The summed E-state index contributed by atoms with van der Waals surface area (Å²) in [6.07, 6.45) is 5.36. The fraction of sp³-hybridized carbons (Fsp3) is 0.227. The van der Waals surface area contributed by atoms with Crippen LogP contribution in [0.3, 0.4) is 0 Å². The maximum atomic E-state index is 13.0. The number of ether oxygens (including phenoxy) is 1. The zero-order chi connectivity index (χ0) is 20.2.